The summed E-state index contributed by atoms with van der Waals surface area (Å²) in [7, 11) is 0. The number of phenols is 1. The largest absolute Gasteiger partial charge is 0.508 e. The summed E-state index contributed by atoms with van der Waals surface area (Å²) in [6.07, 6.45) is 0. The molecule has 0 atom stereocenters. The van der Waals surface area contributed by atoms with Crippen LogP contribution >= 0.6 is 11.3 Å². The summed E-state index contributed by atoms with van der Waals surface area (Å²) in [5.41, 5.74) is 3.44. The van der Waals surface area contributed by atoms with Crippen LogP contribution in [0.2, 0.25) is 0 Å². The molecule has 1 amide bonds. The zero-order valence-corrected chi connectivity index (χ0v) is 11.2. The van der Waals surface area contributed by atoms with Crippen molar-refractivity contribution in [2.24, 2.45) is 0 Å². The standard InChI is InChI=1S/C14H15NO2S/c1-9-7-18-8-11(9)6-15-14(17)12-4-3-5-13(16)10(12)2/h3-5,7-8,16H,6H2,1-2H3,(H,15,17). The molecule has 3 nitrogen and oxygen atoms in total. The summed E-state index contributed by atoms with van der Waals surface area (Å²) in [5.74, 6) is -0.0108. The molecule has 2 rings (SSSR count). The van der Waals surface area contributed by atoms with E-state index in [2.05, 4.69) is 10.7 Å². The van der Waals surface area contributed by atoms with Gasteiger partial charge in [0.15, 0.2) is 0 Å². The quantitative estimate of drug-likeness (QED) is 0.892. The van der Waals surface area contributed by atoms with Crippen molar-refractivity contribution < 1.29 is 9.90 Å². The van der Waals surface area contributed by atoms with Crippen LogP contribution < -0.4 is 5.32 Å². The Morgan fingerprint density at radius 2 is 2.11 bits per heavy atom. The number of nitrogens with one attached hydrogen (secondary N) is 1. The normalized spacial score (nSPS) is 10.3. The van der Waals surface area contributed by atoms with Gasteiger partial charge in [-0.25, -0.2) is 0 Å². The molecule has 0 radical (unpaired) electrons. The maximum Gasteiger partial charge on any atom is 0.251 e. The molecule has 2 aromatic rings. The number of benzene rings is 1. The highest BCUT2D eigenvalue weighted by Gasteiger charge is 2.11. The second kappa shape index (κ2) is 5.23. The highest BCUT2D eigenvalue weighted by Crippen LogP contribution is 2.19. The molecule has 0 bridgehead atoms. The fourth-order valence-electron chi connectivity index (χ4n) is 1.71. The van der Waals surface area contributed by atoms with E-state index in [1.165, 1.54) is 5.56 Å². The Kier molecular flexibility index (Phi) is 3.67. The molecule has 0 spiro atoms. The first-order chi connectivity index (χ1) is 8.59. The van der Waals surface area contributed by atoms with Gasteiger partial charge in [0.25, 0.3) is 5.91 Å². The van der Waals surface area contributed by atoms with E-state index >= 15 is 0 Å². The molecule has 0 fully saturated rings. The minimum absolute atomic E-state index is 0.148. The molecule has 1 aromatic carbocycles. The summed E-state index contributed by atoms with van der Waals surface area (Å²) in [5, 5.41) is 16.5. The van der Waals surface area contributed by atoms with Crippen molar-refractivity contribution in [2.75, 3.05) is 0 Å². The van der Waals surface area contributed by atoms with E-state index in [4.69, 9.17) is 0 Å². The molecule has 0 saturated heterocycles. The fourth-order valence-corrected chi connectivity index (χ4v) is 2.57. The molecule has 0 aliphatic carbocycles. The molecule has 0 unspecified atom stereocenters. The number of carbonyl (C=O) groups excluding carboxylic acids is 1. The number of amides is 1. The molecule has 0 aliphatic rings. The molecule has 1 heterocycles. The van der Waals surface area contributed by atoms with Gasteiger partial charge >= 0.3 is 0 Å². The first-order valence-corrected chi connectivity index (χ1v) is 6.62. The van der Waals surface area contributed by atoms with E-state index in [1.807, 2.05) is 12.3 Å². The van der Waals surface area contributed by atoms with Crippen LogP contribution in [0, 0.1) is 13.8 Å². The van der Waals surface area contributed by atoms with E-state index in [0.717, 1.165) is 5.56 Å². The van der Waals surface area contributed by atoms with Crippen molar-refractivity contribution in [2.45, 2.75) is 20.4 Å². The number of hydrogen-bond acceptors (Lipinski definition) is 3. The van der Waals surface area contributed by atoms with E-state index in [-0.39, 0.29) is 11.7 Å². The van der Waals surface area contributed by atoms with E-state index in [1.54, 1.807) is 36.5 Å². The SMILES string of the molecule is Cc1cscc1CNC(=O)c1cccc(O)c1C. The second-order valence-electron chi connectivity index (χ2n) is 4.21. The average Bonchev–Trinajstić information content (AvgIpc) is 2.75. The van der Waals surface area contributed by atoms with Gasteiger partial charge in [-0.15, -0.1) is 0 Å². The van der Waals surface area contributed by atoms with Gasteiger partial charge in [-0.1, -0.05) is 6.07 Å². The van der Waals surface area contributed by atoms with Crippen LogP contribution in [0.1, 0.15) is 27.0 Å². The van der Waals surface area contributed by atoms with Gasteiger partial charge in [0.2, 0.25) is 0 Å². The van der Waals surface area contributed by atoms with Crippen molar-refractivity contribution in [1.82, 2.24) is 5.32 Å². The lowest BCUT2D eigenvalue weighted by Gasteiger charge is -2.08. The Balaban J connectivity index is 2.09. The molecule has 0 saturated carbocycles. The number of carbonyl (C=O) groups is 1. The van der Waals surface area contributed by atoms with Gasteiger partial charge in [0.05, 0.1) is 0 Å². The van der Waals surface area contributed by atoms with Crippen molar-refractivity contribution >= 4 is 17.2 Å². The van der Waals surface area contributed by atoms with E-state index < -0.39 is 0 Å². The van der Waals surface area contributed by atoms with Gasteiger partial charge in [-0.05, 0) is 47.9 Å². The number of phenolic OH excluding ortho intramolecular Hbond substituents is 1. The van der Waals surface area contributed by atoms with Crippen LogP contribution in [-0.2, 0) is 6.54 Å². The lowest BCUT2D eigenvalue weighted by Crippen LogP contribution is -2.23. The predicted molar refractivity (Wildman–Crippen MR) is 73.1 cm³/mol. The minimum Gasteiger partial charge on any atom is -0.508 e. The molecule has 0 aliphatic heterocycles. The molecule has 1 aromatic heterocycles. The zero-order chi connectivity index (χ0) is 13.1. The van der Waals surface area contributed by atoms with Gasteiger partial charge in [-0.2, -0.15) is 11.3 Å². The van der Waals surface area contributed by atoms with E-state index in [9.17, 15) is 9.90 Å². The minimum atomic E-state index is -0.158. The average molecular weight is 261 g/mol. The lowest BCUT2D eigenvalue weighted by molar-refractivity contribution is 0.0950. The van der Waals surface area contributed by atoms with Gasteiger partial charge in [0, 0.05) is 17.7 Å². The number of thiophene rings is 1. The van der Waals surface area contributed by atoms with Gasteiger partial charge in [-0.3, -0.25) is 4.79 Å². The monoisotopic (exact) mass is 261 g/mol. The topological polar surface area (TPSA) is 49.3 Å². The number of aromatic hydroxyl groups is 1. The first-order valence-electron chi connectivity index (χ1n) is 5.68. The summed E-state index contributed by atoms with van der Waals surface area (Å²) < 4.78 is 0. The molecular formula is C14H15NO2S. The maximum atomic E-state index is 12.0. The van der Waals surface area contributed by atoms with E-state index in [0.29, 0.717) is 17.7 Å². The summed E-state index contributed by atoms with van der Waals surface area (Å²) in [6.45, 7) is 4.28. The van der Waals surface area contributed by atoms with Crippen LogP contribution in [-0.4, -0.2) is 11.0 Å². The van der Waals surface area contributed by atoms with Crippen LogP contribution in [0.15, 0.2) is 29.0 Å². The van der Waals surface area contributed by atoms with Gasteiger partial charge in [0.1, 0.15) is 5.75 Å². The van der Waals surface area contributed by atoms with Crippen LogP contribution in [0.3, 0.4) is 0 Å². The number of hydrogen-bond donors (Lipinski definition) is 2. The third-order valence-corrected chi connectivity index (χ3v) is 3.86. The van der Waals surface area contributed by atoms with Crippen molar-refractivity contribution in [3.8, 4) is 5.75 Å². The molecule has 94 valence electrons. The zero-order valence-electron chi connectivity index (χ0n) is 10.4. The number of rotatable bonds is 3. The Morgan fingerprint density at radius 3 is 2.78 bits per heavy atom. The van der Waals surface area contributed by atoms with Gasteiger partial charge < -0.3 is 10.4 Å². The summed E-state index contributed by atoms with van der Waals surface area (Å²) >= 11 is 1.63. The summed E-state index contributed by atoms with van der Waals surface area (Å²) in [4.78, 5) is 12.0. The molecular weight excluding hydrogens is 246 g/mol. The Bertz CT molecular complexity index is 575. The molecule has 18 heavy (non-hydrogen) atoms. The Morgan fingerprint density at radius 1 is 1.33 bits per heavy atom. The van der Waals surface area contributed by atoms with Crippen LogP contribution in [0.5, 0.6) is 5.75 Å². The fraction of sp³-hybridized carbons (Fsp3) is 0.214. The first kappa shape index (κ1) is 12.6. The molecule has 2 N–H and O–H groups in total. The highest BCUT2D eigenvalue weighted by molar-refractivity contribution is 7.08. The molecule has 4 heteroatoms. The smallest absolute Gasteiger partial charge is 0.251 e. The van der Waals surface area contributed by atoms with Crippen molar-refractivity contribution in [1.29, 1.82) is 0 Å². The lowest BCUT2D eigenvalue weighted by atomic mass is 10.1. The third-order valence-electron chi connectivity index (χ3n) is 2.95. The summed E-state index contributed by atoms with van der Waals surface area (Å²) in [6, 6.07) is 4.97. The second-order valence-corrected chi connectivity index (χ2v) is 4.96. The van der Waals surface area contributed by atoms with Crippen molar-refractivity contribution in [3.05, 3.63) is 51.2 Å². The van der Waals surface area contributed by atoms with Crippen LogP contribution in [0.4, 0.5) is 0 Å². The maximum absolute atomic E-state index is 12.0. The third kappa shape index (κ3) is 2.54. The van der Waals surface area contributed by atoms with Crippen molar-refractivity contribution in [3.63, 3.8) is 0 Å². The van der Waals surface area contributed by atoms with Crippen LogP contribution in [0.25, 0.3) is 0 Å². The predicted octanol–water partition coefficient (Wildman–Crippen LogP) is 3.00. The number of aryl methyl sites for hydroxylation is 1. The Labute approximate surface area is 110 Å². The highest BCUT2D eigenvalue weighted by atomic mass is 32.1. The Hall–Kier alpha value is -1.81.